The molecule has 0 aliphatic rings. The Morgan fingerprint density at radius 3 is 2.03 bits per heavy atom. The van der Waals surface area contributed by atoms with Gasteiger partial charge in [-0.2, -0.15) is 0 Å². The van der Waals surface area contributed by atoms with E-state index in [4.69, 9.17) is 9.40 Å². The molecule has 4 aromatic carbocycles. The van der Waals surface area contributed by atoms with Crippen LogP contribution in [0.5, 0.6) is 0 Å². The lowest BCUT2D eigenvalue weighted by molar-refractivity contribution is 0.628. The zero-order valence-corrected chi connectivity index (χ0v) is 19.2. The van der Waals surface area contributed by atoms with Crippen LogP contribution in [0.2, 0.25) is 0 Å². The highest BCUT2D eigenvalue weighted by Crippen LogP contribution is 2.33. The topological polar surface area (TPSA) is 38.9 Å². The number of nitrogens with zero attached hydrogens (tertiary/aromatic N) is 2. The van der Waals surface area contributed by atoms with E-state index in [9.17, 15) is 4.39 Å². The number of pyridine rings is 2. The maximum Gasteiger partial charge on any atom is 0.227 e. The van der Waals surface area contributed by atoms with Crippen LogP contribution in [-0.2, 0) is 0 Å². The number of hydrogen-bond acceptors (Lipinski definition) is 3. The average Bonchev–Trinajstić information content (AvgIpc) is 3.31. The Morgan fingerprint density at radius 2 is 1.22 bits per heavy atom. The van der Waals surface area contributed by atoms with Gasteiger partial charge in [0.25, 0.3) is 0 Å². The third kappa shape index (κ3) is 3.51. The fraction of sp³-hybridized carbons (Fsp3) is 0. The van der Waals surface area contributed by atoms with Gasteiger partial charge in [0.05, 0.1) is 5.52 Å². The molecular formula is C32H19FN2O. The lowest BCUT2D eigenvalue weighted by atomic mass is 9.98. The minimum Gasteiger partial charge on any atom is -0.438 e. The molecule has 0 unspecified atom stereocenters. The van der Waals surface area contributed by atoms with E-state index in [2.05, 4.69) is 59.6 Å². The highest BCUT2D eigenvalue weighted by Gasteiger charge is 2.10. The van der Waals surface area contributed by atoms with Gasteiger partial charge in [-0.05, 0) is 76.3 Å². The van der Waals surface area contributed by atoms with Crippen molar-refractivity contribution in [1.82, 2.24) is 9.97 Å². The van der Waals surface area contributed by atoms with E-state index in [1.807, 2.05) is 30.5 Å². The molecule has 0 atom stereocenters. The van der Waals surface area contributed by atoms with Crippen LogP contribution in [0, 0.1) is 5.82 Å². The van der Waals surface area contributed by atoms with Crippen LogP contribution in [0.1, 0.15) is 0 Å². The molecule has 7 aromatic rings. The molecule has 7 rings (SSSR count). The molecule has 0 saturated heterocycles. The Morgan fingerprint density at radius 1 is 0.556 bits per heavy atom. The van der Waals surface area contributed by atoms with E-state index >= 15 is 0 Å². The molecule has 3 nitrogen and oxygen atoms in total. The minimum atomic E-state index is -0.235. The Bertz CT molecular complexity index is 1890. The summed E-state index contributed by atoms with van der Waals surface area (Å²) >= 11 is 0. The number of halogens is 1. The fourth-order valence-electron chi connectivity index (χ4n) is 4.75. The second-order valence-corrected chi connectivity index (χ2v) is 8.88. The number of aromatic nitrogens is 2. The van der Waals surface area contributed by atoms with Gasteiger partial charge < -0.3 is 4.42 Å². The molecule has 3 heterocycles. The number of benzene rings is 4. The Kier molecular flexibility index (Phi) is 4.64. The van der Waals surface area contributed by atoms with E-state index < -0.39 is 0 Å². The van der Waals surface area contributed by atoms with Crippen LogP contribution < -0.4 is 0 Å². The summed E-state index contributed by atoms with van der Waals surface area (Å²) in [4.78, 5) is 9.03. The normalized spacial score (nSPS) is 11.5. The van der Waals surface area contributed by atoms with E-state index in [0.717, 1.165) is 60.6 Å². The van der Waals surface area contributed by atoms with Crippen molar-refractivity contribution >= 4 is 33.0 Å². The standard InChI is InChI=1S/C32H19FN2O/c33-27-12-9-21(10-13-27)24-7-8-25-16-26(19-35-30(25)18-24)22-5-3-20(4-6-22)23-11-14-31-29(17-23)28-2-1-15-34-32(28)36-31/h1-19H. The molecule has 0 N–H and O–H groups in total. The summed E-state index contributed by atoms with van der Waals surface area (Å²) < 4.78 is 19.1. The van der Waals surface area contributed by atoms with E-state index in [1.54, 1.807) is 18.3 Å². The Hall–Kier alpha value is -4.83. The second kappa shape index (κ2) is 8.14. The summed E-state index contributed by atoms with van der Waals surface area (Å²) in [5.41, 5.74) is 8.83. The molecule has 0 bridgehead atoms. The molecular weight excluding hydrogens is 447 g/mol. The zero-order chi connectivity index (χ0) is 24.1. The Balaban J connectivity index is 1.20. The average molecular weight is 467 g/mol. The summed E-state index contributed by atoms with van der Waals surface area (Å²) in [6.07, 6.45) is 3.65. The minimum absolute atomic E-state index is 0.235. The van der Waals surface area contributed by atoms with Crippen molar-refractivity contribution in [2.45, 2.75) is 0 Å². The highest BCUT2D eigenvalue weighted by atomic mass is 19.1. The van der Waals surface area contributed by atoms with Crippen LogP contribution in [0.25, 0.3) is 66.4 Å². The first-order valence-electron chi connectivity index (χ1n) is 11.8. The quantitative estimate of drug-likeness (QED) is 0.261. The van der Waals surface area contributed by atoms with Crippen LogP contribution in [0.4, 0.5) is 4.39 Å². The largest absolute Gasteiger partial charge is 0.438 e. The first-order valence-corrected chi connectivity index (χ1v) is 11.8. The molecule has 0 radical (unpaired) electrons. The molecule has 4 heteroatoms. The third-order valence-corrected chi connectivity index (χ3v) is 6.66. The van der Waals surface area contributed by atoms with Crippen LogP contribution in [0.15, 0.2) is 120 Å². The third-order valence-electron chi connectivity index (χ3n) is 6.66. The van der Waals surface area contributed by atoms with Gasteiger partial charge in [0.2, 0.25) is 5.71 Å². The van der Waals surface area contributed by atoms with Gasteiger partial charge in [-0.15, -0.1) is 0 Å². The Labute approximate surface area is 206 Å². The maximum atomic E-state index is 13.3. The van der Waals surface area contributed by atoms with Crippen molar-refractivity contribution in [1.29, 1.82) is 0 Å². The number of hydrogen-bond donors (Lipinski definition) is 0. The van der Waals surface area contributed by atoms with E-state index in [0.29, 0.717) is 5.71 Å². The second-order valence-electron chi connectivity index (χ2n) is 8.88. The van der Waals surface area contributed by atoms with Gasteiger partial charge in [0.1, 0.15) is 11.4 Å². The van der Waals surface area contributed by atoms with Gasteiger partial charge in [-0.1, -0.05) is 54.6 Å². The van der Waals surface area contributed by atoms with Crippen molar-refractivity contribution in [3.05, 3.63) is 121 Å². The first kappa shape index (κ1) is 20.5. The molecule has 170 valence electrons. The maximum absolute atomic E-state index is 13.3. The van der Waals surface area contributed by atoms with Gasteiger partial charge >= 0.3 is 0 Å². The number of rotatable bonds is 3. The summed E-state index contributed by atoms with van der Waals surface area (Å²) in [6, 6.07) is 33.6. The van der Waals surface area contributed by atoms with Crippen molar-refractivity contribution in [2.24, 2.45) is 0 Å². The van der Waals surface area contributed by atoms with Crippen molar-refractivity contribution in [3.8, 4) is 33.4 Å². The molecule has 0 aliphatic heterocycles. The molecule has 0 aliphatic carbocycles. The molecule has 3 aromatic heterocycles. The molecule has 36 heavy (non-hydrogen) atoms. The summed E-state index contributed by atoms with van der Waals surface area (Å²) in [5, 5.41) is 3.16. The first-order chi connectivity index (χ1) is 17.7. The van der Waals surface area contributed by atoms with E-state index in [1.165, 1.54) is 12.1 Å². The smallest absolute Gasteiger partial charge is 0.227 e. The van der Waals surface area contributed by atoms with Crippen LogP contribution in [-0.4, -0.2) is 9.97 Å². The highest BCUT2D eigenvalue weighted by molar-refractivity contribution is 6.05. The number of fused-ring (bicyclic) bond motifs is 4. The lowest BCUT2D eigenvalue weighted by Gasteiger charge is -2.08. The molecule has 0 saturated carbocycles. The van der Waals surface area contributed by atoms with Gasteiger partial charge in [0.15, 0.2) is 0 Å². The predicted molar refractivity (Wildman–Crippen MR) is 143 cm³/mol. The zero-order valence-electron chi connectivity index (χ0n) is 19.2. The predicted octanol–water partition coefficient (Wildman–Crippen LogP) is 8.67. The monoisotopic (exact) mass is 466 g/mol. The SMILES string of the molecule is Fc1ccc(-c2ccc3cc(-c4ccc(-c5ccc6oc7ncccc7c6c5)cc4)cnc3c2)cc1. The summed E-state index contributed by atoms with van der Waals surface area (Å²) in [6.45, 7) is 0. The van der Waals surface area contributed by atoms with Gasteiger partial charge in [-0.3, -0.25) is 4.98 Å². The molecule has 0 spiro atoms. The fourth-order valence-corrected chi connectivity index (χ4v) is 4.75. The van der Waals surface area contributed by atoms with Gasteiger partial charge in [-0.25, -0.2) is 9.37 Å². The van der Waals surface area contributed by atoms with Crippen molar-refractivity contribution in [3.63, 3.8) is 0 Å². The van der Waals surface area contributed by atoms with Crippen LogP contribution >= 0.6 is 0 Å². The lowest BCUT2D eigenvalue weighted by Crippen LogP contribution is -1.86. The number of furan rings is 1. The van der Waals surface area contributed by atoms with Crippen molar-refractivity contribution < 1.29 is 8.81 Å². The van der Waals surface area contributed by atoms with Gasteiger partial charge in [0, 0.05) is 34.1 Å². The summed E-state index contributed by atoms with van der Waals surface area (Å²) in [5.74, 6) is -0.235. The molecule has 0 fully saturated rings. The van der Waals surface area contributed by atoms with E-state index in [-0.39, 0.29) is 5.82 Å². The molecule has 0 amide bonds. The van der Waals surface area contributed by atoms with Crippen LogP contribution in [0.3, 0.4) is 0 Å². The summed E-state index contributed by atoms with van der Waals surface area (Å²) in [7, 11) is 0. The van der Waals surface area contributed by atoms with Crippen molar-refractivity contribution in [2.75, 3.05) is 0 Å².